The van der Waals surface area contributed by atoms with E-state index in [-0.39, 0.29) is 11.4 Å². The van der Waals surface area contributed by atoms with Gasteiger partial charge in [0.1, 0.15) is 10.5 Å². The first-order chi connectivity index (χ1) is 13.6. The highest BCUT2D eigenvalue weighted by Gasteiger charge is 2.16. The van der Waals surface area contributed by atoms with E-state index in [1.807, 2.05) is 6.92 Å². The number of halogens is 1. The van der Waals surface area contributed by atoms with E-state index in [2.05, 4.69) is 15.0 Å². The van der Waals surface area contributed by atoms with Gasteiger partial charge in [0.2, 0.25) is 5.88 Å². The predicted molar refractivity (Wildman–Crippen MR) is 108 cm³/mol. The van der Waals surface area contributed by atoms with Crippen molar-refractivity contribution < 1.29 is 9.13 Å². The molecule has 0 saturated carbocycles. The second-order valence-corrected chi connectivity index (χ2v) is 7.76. The second kappa shape index (κ2) is 7.69. The molecule has 0 fully saturated rings. The molecular weight excluding hydrogens is 399 g/mol. The smallest absolute Gasteiger partial charge is 0.278 e. The fourth-order valence-corrected chi connectivity index (χ4v) is 4.44. The van der Waals surface area contributed by atoms with E-state index in [9.17, 15) is 9.18 Å². The molecule has 0 amide bonds. The number of rotatable bonds is 5. The lowest BCUT2D eigenvalue weighted by atomic mass is 10.1. The van der Waals surface area contributed by atoms with Crippen LogP contribution in [0.15, 0.2) is 52.0 Å². The Morgan fingerprint density at radius 2 is 2.11 bits per heavy atom. The molecule has 3 aromatic heterocycles. The number of aryl methyl sites for hydroxylation is 1. The molecule has 0 saturated heterocycles. The Kier molecular flexibility index (Phi) is 5.10. The van der Waals surface area contributed by atoms with E-state index >= 15 is 0 Å². The third-order valence-corrected chi connectivity index (χ3v) is 5.98. The number of thiazole rings is 1. The first kappa shape index (κ1) is 18.6. The molecule has 4 rings (SSSR count). The van der Waals surface area contributed by atoms with Crippen molar-refractivity contribution in [1.82, 2.24) is 19.5 Å². The van der Waals surface area contributed by atoms with Crippen molar-refractivity contribution in [3.8, 4) is 11.6 Å². The van der Waals surface area contributed by atoms with Gasteiger partial charge in [-0.25, -0.2) is 19.3 Å². The van der Waals surface area contributed by atoms with Gasteiger partial charge >= 0.3 is 0 Å². The van der Waals surface area contributed by atoms with Crippen LogP contribution in [0.1, 0.15) is 11.1 Å². The van der Waals surface area contributed by atoms with Gasteiger partial charge in [-0.15, -0.1) is 11.3 Å². The monoisotopic (exact) mass is 414 g/mol. The van der Waals surface area contributed by atoms with Gasteiger partial charge in [0, 0.05) is 11.8 Å². The molecule has 9 heteroatoms. The van der Waals surface area contributed by atoms with Gasteiger partial charge in [-0.1, -0.05) is 17.8 Å². The summed E-state index contributed by atoms with van der Waals surface area (Å²) >= 11 is 2.65. The van der Waals surface area contributed by atoms with Gasteiger partial charge in [-0.05, 0) is 36.2 Å². The van der Waals surface area contributed by atoms with Crippen LogP contribution in [0, 0.1) is 12.7 Å². The van der Waals surface area contributed by atoms with Crippen molar-refractivity contribution in [2.45, 2.75) is 17.8 Å². The van der Waals surface area contributed by atoms with Crippen LogP contribution in [-0.2, 0) is 5.75 Å². The van der Waals surface area contributed by atoms with Crippen LogP contribution in [0.4, 0.5) is 4.39 Å². The Bertz CT molecular complexity index is 1210. The lowest BCUT2D eigenvalue weighted by Gasteiger charge is -2.12. The first-order valence-electron chi connectivity index (χ1n) is 8.31. The minimum Gasteiger partial charge on any atom is -0.481 e. The van der Waals surface area contributed by atoms with Gasteiger partial charge in [0.25, 0.3) is 5.56 Å². The molecule has 4 aromatic rings. The topological polar surface area (TPSA) is 69.9 Å². The molecule has 0 N–H and O–H groups in total. The van der Waals surface area contributed by atoms with E-state index < -0.39 is 0 Å². The number of fused-ring (bicyclic) bond motifs is 1. The largest absolute Gasteiger partial charge is 0.481 e. The maximum atomic E-state index is 13.4. The van der Waals surface area contributed by atoms with Crippen molar-refractivity contribution in [2.75, 3.05) is 7.11 Å². The Hall–Kier alpha value is -2.78. The van der Waals surface area contributed by atoms with Crippen LogP contribution in [0.3, 0.4) is 0 Å². The molecule has 0 radical (unpaired) electrons. The number of benzene rings is 1. The van der Waals surface area contributed by atoms with Crippen LogP contribution in [0.25, 0.3) is 16.0 Å². The Labute approximate surface area is 168 Å². The maximum absolute atomic E-state index is 13.4. The molecule has 142 valence electrons. The van der Waals surface area contributed by atoms with Crippen LogP contribution in [0.2, 0.25) is 0 Å². The van der Waals surface area contributed by atoms with Gasteiger partial charge in [0.05, 0.1) is 24.5 Å². The average Bonchev–Trinajstić information content (AvgIpc) is 3.17. The quantitative estimate of drug-likeness (QED) is 0.363. The molecule has 0 bridgehead atoms. The van der Waals surface area contributed by atoms with Crippen molar-refractivity contribution in [3.63, 3.8) is 0 Å². The molecule has 6 nitrogen and oxygen atoms in total. The molecule has 0 aliphatic carbocycles. The molecule has 0 unspecified atom stereocenters. The third-order valence-electron chi connectivity index (χ3n) is 4.19. The minimum atomic E-state index is -0.269. The zero-order valence-electron chi connectivity index (χ0n) is 15.0. The van der Waals surface area contributed by atoms with Crippen molar-refractivity contribution in [2.24, 2.45) is 0 Å². The van der Waals surface area contributed by atoms with E-state index in [1.54, 1.807) is 29.9 Å². The van der Waals surface area contributed by atoms with E-state index in [1.165, 1.54) is 46.9 Å². The molecule has 3 heterocycles. The van der Waals surface area contributed by atoms with Crippen LogP contribution >= 0.6 is 23.1 Å². The minimum absolute atomic E-state index is 0.196. The molecule has 1 aromatic carbocycles. The van der Waals surface area contributed by atoms with Crippen LogP contribution < -0.4 is 10.3 Å². The summed E-state index contributed by atoms with van der Waals surface area (Å²) < 4.78 is 20.5. The van der Waals surface area contributed by atoms with Crippen molar-refractivity contribution in [1.29, 1.82) is 0 Å². The molecule has 0 aliphatic heterocycles. The van der Waals surface area contributed by atoms with Gasteiger partial charge in [0.15, 0.2) is 10.8 Å². The zero-order chi connectivity index (χ0) is 19.7. The Morgan fingerprint density at radius 1 is 1.25 bits per heavy atom. The summed E-state index contributed by atoms with van der Waals surface area (Å²) in [6.45, 7) is 1.86. The normalized spacial score (nSPS) is 11.1. The molecule has 0 spiro atoms. The second-order valence-electron chi connectivity index (χ2n) is 5.96. The molecule has 0 atom stereocenters. The highest BCUT2D eigenvalue weighted by molar-refractivity contribution is 7.98. The summed E-state index contributed by atoms with van der Waals surface area (Å²) in [5, 5.41) is 0.499. The van der Waals surface area contributed by atoms with Crippen LogP contribution in [0.5, 0.6) is 5.88 Å². The fourth-order valence-electron chi connectivity index (χ4n) is 2.71. The van der Waals surface area contributed by atoms with Crippen molar-refractivity contribution in [3.05, 3.63) is 69.3 Å². The number of hydrogen-bond donors (Lipinski definition) is 0. The van der Waals surface area contributed by atoms with Gasteiger partial charge in [-0.2, -0.15) is 0 Å². The number of aromatic nitrogens is 4. The summed E-state index contributed by atoms with van der Waals surface area (Å²) in [6, 6.07) is 8.12. The predicted octanol–water partition coefficient (Wildman–Crippen LogP) is 3.99. The summed E-state index contributed by atoms with van der Waals surface area (Å²) in [5.74, 6) is 0.729. The summed E-state index contributed by atoms with van der Waals surface area (Å²) in [7, 11) is 1.53. The number of hydrogen-bond acceptors (Lipinski definition) is 7. The maximum Gasteiger partial charge on any atom is 0.278 e. The number of nitrogens with zero attached hydrogens (tertiary/aromatic N) is 4. The lowest BCUT2D eigenvalue weighted by molar-refractivity contribution is 0.397. The molecular formula is C19H15FN4O2S2. The summed E-state index contributed by atoms with van der Waals surface area (Å²) in [6.07, 6.45) is 1.57. The standard InChI is InChI=1S/C19H15FN4O2S2/c1-11-7-13(20)4-3-12(11)9-27-19-23-17-16(28-10-22-17)18(25)24(19)14-5-6-15(26-2)21-8-14/h3-8,10H,9H2,1-2H3. The number of pyridine rings is 1. The molecule has 28 heavy (non-hydrogen) atoms. The van der Waals surface area contributed by atoms with Gasteiger partial charge < -0.3 is 4.74 Å². The lowest BCUT2D eigenvalue weighted by Crippen LogP contribution is -2.21. The number of ether oxygens (including phenoxy) is 1. The number of thioether (sulfide) groups is 1. The highest BCUT2D eigenvalue weighted by Crippen LogP contribution is 2.26. The Balaban J connectivity index is 1.78. The number of methoxy groups -OCH3 is 1. The molecule has 0 aliphatic rings. The SMILES string of the molecule is COc1ccc(-n2c(SCc3ccc(F)cc3C)nc3ncsc3c2=O)cn1. The first-order valence-corrected chi connectivity index (χ1v) is 10.2. The van der Waals surface area contributed by atoms with Gasteiger partial charge in [-0.3, -0.25) is 9.36 Å². The van der Waals surface area contributed by atoms with Crippen LogP contribution in [-0.4, -0.2) is 26.6 Å². The fraction of sp³-hybridized carbons (Fsp3) is 0.158. The summed E-state index contributed by atoms with van der Waals surface area (Å²) in [4.78, 5) is 26.0. The van der Waals surface area contributed by atoms with E-state index in [0.717, 1.165) is 11.1 Å². The average molecular weight is 414 g/mol. The highest BCUT2D eigenvalue weighted by atomic mass is 32.2. The van der Waals surface area contributed by atoms with E-state index in [4.69, 9.17) is 4.74 Å². The summed E-state index contributed by atoms with van der Waals surface area (Å²) in [5.41, 5.74) is 4.24. The van der Waals surface area contributed by atoms with Crippen molar-refractivity contribution >= 4 is 33.4 Å². The Morgan fingerprint density at radius 3 is 2.82 bits per heavy atom. The zero-order valence-corrected chi connectivity index (χ0v) is 16.7. The third kappa shape index (κ3) is 3.50. The van der Waals surface area contributed by atoms with E-state index in [0.29, 0.717) is 32.8 Å².